The van der Waals surface area contributed by atoms with E-state index >= 15 is 0 Å². The summed E-state index contributed by atoms with van der Waals surface area (Å²) in [5.74, 6) is -2.43. The van der Waals surface area contributed by atoms with Crippen LogP contribution in [0.15, 0.2) is 48.5 Å². The Balaban J connectivity index is 1.63. The zero-order valence-corrected chi connectivity index (χ0v) is 17.9. The molecule has 166 valence electrons. The Morgan fingerprint density at radius 1 is 1.06 bits per heavy atom. The number of fused-ring (bicyclic) bond motifs is 3. The van der Waals surface area contributed by atoms with Gasteiger partial charge in [0.2, 0.25) is 5.91 Å². The maximum Gasteiger partial charge on any atom is 0.276 e. The Bertz CT molecular complexity index is 1220. The summed E-state index contributed by atoms with van der Waals surface area (Å²) in [4.78, 5) is 28.6. The second-order valence-electron chi connectivity index (χ2n) is 8.99. The fourth-order valence-corrected chi connectivity index (χ4v) is 5.07. The van der Waals surface area contributed by atoms with Gasteiger partial charge in [-0.15, -0.1) is 0 Å². The predicted octanol–water partition coefficient (Wildman–Crippen LogP) is 4.79. The van der Waals surface area contributed by atoms with E-state index in [1.807, 2.05) is 28.8 Å². The van der Waals surface area contributed by atoms with Gasteiger partial charge < -0.3 is 9.88 Å². The highest BCUT2D eigenvalue weighted by molar-refractivity contribution is 6.14. The van der Waals surface area contributed by atoms with Crippen molar-refractivity contribution in [1.29, 1.82) is 0 Å². The Labute approximate surface area is 185 Å². The van der Waals surface area contributed by atoms with E-state index in [1.54, 1.807) is 13.0 Å². The van der Waals surface area contributed by atoms with Gasteiger partial charge in [0.25, 0.3) is 5.91 Å². The second kappa shape index (κ2) is 7.73. The lowest BCUT2D eigenvalue weighted by molar-refractivity contribution is -0.127. The van der Waals surface area contributed by atoms with Gasteiger partial charge in [0, 0.05) is 23.0 Å². The summed E-state index contributed by atoms with van der Waals surface area (Å²) in [6, 6.07) is 12.4. The van der Waals surface area contributed by atoms with E-state index in [1.165, 1.54) is 11.0 Å². The van der Waals surface area contributed by atoms with Crippen LogP contribution in [0, 0.1) is 11.6 Å². The van der Waals surface area contributed by atoms with Crippen LogP contribution in [-0.2, 0) is 11.3 Å². The summed E-state index contributed by atoms with van der Waals surface area (Å²) in [5, 5.41) is 3.98. The van der Waals surface area contributed by atoms with Gasteiger partial charge in [-0.3, -0.25) is 14.5 Å². The first-order chi connectivity index (χ1) is 15.4. The predicted molar refractivity (Wildman–Crippen MR) is 119 cm³/mol. The molecule has 5 rings (SSSR count). The normalized spacial score (nSPS) is 21.6. The van der Waals surface area contributed by atoms with Crippen LogP contribution in [0.25, 0.3) is 10.9 Å². The van der Waals surface area contributed by atoms with Gasteiger partial charge in [-0.2, -0.15) is 0 Å². The van der Waals surface area contributed by atoms with Crippen molar-refractivity contribution in [3.8, 4) is 0 Å². The van der Waals surface area contributed by atoms with Gasteiger partial charge >= 0.3 is 0 Å². The maximum atomic E-state index is 14.9. The number of anilines is 1. The first-order valence-electron chi connectivity index (χ1n) is 11.1. The van der Waals surface area contributed by atoms with Crippen molar-refractivity contribution >= 4 is 28.4 Å². The number of carbonyl (C=O) groups is 2. The molecule has 0 radical (unpaired) electrons. The molecule has 2 heterocycles. The van der Waals surface area contributed by atoms with E-state index < -0.39 is 23.1 Å². The Morgan fingerprint density at radius 3 is 2.56 bits per heavy atom. The molecule has 1 aliphatic heterocycles. The largest absolute Gasteiger partial charge is 0.351 e. The molecule has 1 saturated carbocycles. The van der Waals surface area contributed by atoms with Crippen molar-refractivity contribution in [2.45, 2.75) is 57.2 Å². The van der Waals surface area contributed by atoms with Crippen LogP contribution in [0.1, 0.15) is 49.5 Å². The molecule has 0 unspecified atom stereocenters. The number of nitrogens with one attached hydrogen (secondary N) is 1. The molecule has 1 aromatic heterocycles. The standard InChI is InChI=1S/C25H25F2N3O2/c1-25(24(32)28-18-8-3-2-4-9-18)15-29-20-10-6-5-7-16(20)13-22(29)23(31)30(25)21-12-11-17(26)14-19(21)27/h5-7,10-14,18H,2-4,8-9,15H2,1H3,(H,28,32)/t25-/m0/s1. The summed E-state index contributed by atoms with van der Waals surface area (Å²) in [5.41, 5.74) is -0.277. The Morgan fingerprint density at radius 2 is 1.81 bits per heavy atom. The number of hydrogen-bond acceptors (Lipinski definition) is 2. The van der Waals surface area contributed by atoms with Crippen molar-refractivity contribution in [2.24, 2.45) is 0 Å². The summed E-state index contributed by atoms with van der Waals surface area (Å²) in [6.07, 6.45) is 5.01. The van der Waals surface area contributed by atoms with Gasteiger partial charge in [0.15, 0.2) is 0 Å². The molecule has 0 spiro atoms. The summed E-state index contributed by atoms with van der Waals surface area (Å²) in [7, 11) is 0. The molecule has 3 aromatic rings. The van der Waals surface area contributed by atoms with Crippen LogP contribution in [0.2, 0.25) is 0 Å². The third-order valence-electron chi connectivity index (χ3n) is 6.77. The molecule has 2 amide bonds. The lowest BCUT2D eigenvalue weighted by Gasteiger charge is -2.44. The number of para-hydroxylation sites is 1. The van der Waals surface area contributed by atoms with E-state index in [2.05, 4.69) is 5.32 Å². The van der Waals surface area contributed by atoms with Crippen LogP contribution in [0.5, 0.6) is 0 Å². The van der Waals surface area contributed by atoms with Gasteiger partial charge in [-0.25, -0.2) is 8.78 Å². The van der Waals surface area contributed by atoms with Crippen molar-refractivity contribution in [3.63, 3.8) is 0 Å². The van der Waals surface area contributed by atoms with Crippen molar-refractivity contribution < 1.29 is 18.4 Å². The second-order valence-corrected chi connectivity index (χ2v) is 8.99. The molecule has 7 heteroatoms. The first kappa shape index (κ1) is 20.7. The lowest BCUT2D eigenvalue weighted by Crippen LogP contribution is -2.65. The quantitative estimate of drug-likeness (QED) is 0.641. The Kier molecular flexibility index (Phi) is 4.99. The molecule has 32 heavy (non-hydrogen) atoms. The van der Waals surface area contributed by atoms with Gasteiger partial charge in [0.1, 0.15) is 22.9 Å². The van der Waals surface area contributed by atoms with E-state index in [0.29, 0.717) is 5.69 Å². The molecule has 0 bridgehead atoms. The van der Waals surface area contributed by atoms with E-state index in [4.69, 9.17) is 0 Å². The highest BCUT2D eigenvalue weighted by atomic mass is 19.1. The van der Waals surface area contributed by atoms with Crippen molar-refractivity contribution in [3.05, 3.63) is 65.9 Å². The monoisotopic (exact) mass is 437 g/mol. The van der Waals surface area contributed by atoms with Crippen molar-refractivity contribution in [2.75, 3.05) is 4.90 Å². The molecule has 1 aliphatic carbocycles. The number of nitrogens with zero attached hydrogens (tertiary/aromatic N) is 2. The molecular weight excluding hydrogens is 412 g/mol. The van der Waals surface area contributed by atoms with E-state index in [9.17, 15) is 18.4 Å². The average molecular weight is 437 g/mol. The highest BCUT2D eigenvalue weighted by Crippen LogP contribution is 2.37. The van der Waals surface area contributed by atoms with Crippen LogP contribution in [0.4, 0.5) is 14.5 Å². The van der Waals surface area contributed by atoms with Gasteiger partial charge in [-0.05, 0) is 44.0 Å². The number of amides is 2. The third-order valence-corrected chi connectivity index (χ3v) is 6.77. The average Bonchev–Trinajstić information content (AvgIpc) is 3.14. The minimum absolute atomic E-state index is 0.0332. The number of rotatable bonds is 3. The molecule has 0 saturated heterocycles. The smallest absolute Gasteiger partial charge is 0.276 e. The van der Waals surface area contributed by atoms with Gasteiger partial charge in [0.05, 0.1) is 12.2 Å². The third kappa shape index (κ3) is 3.27. The SMILES string of the molecule is C[C@@]1(C(=O)NC2CCCCC2)Cn2c(cc3ccccc32)C(=O)N1c1ccc(F)cc1F. The summed E-state index contributed by atoms with van der Waals surface area (Å²) < 4.78 is 30.3. The fraction of sp³-hybridized carbons (Fsp3) is 0.360. The molecule has 1 N–H and O–H groups in total. The van der Waals surface area contributed by atoms with Crippen LogP contribution >= 0.6 is 0 Å². The molecule has 2 aliphatic rings. The van der Waals surface area contributed by atoms with Crippen LogP contribution in [-0.4, -0.2) is 28.0 Å². The molecule has 5 nitrogen and oxygen atoms in total. The minimum Gasteiger partial charge on any atom is -0.351 e. The van der Waals surface area contributed by atoms with E-state index in [-0.39, 0.29) is 24.2 Å². The number of hydrogen-bond donors (Lipinski definition) is 1. The molecule has 1 atom stereocenters. The highest BCUT2D eigenvalue weighted by Gasteiger charge is 2.49. The topological polar surface area (TPSA) is 54.3 Å². The van der Waals surface area contributed by atoms with Gasteiger partial charge in [-0.1, -0.05) is 37.5 Å². The van der Waals surface area contributed by atoms with E-state index in [0.717, 1.165) is 55.1 Å². The maximum absolute atomic E-state index is 14.9. The van der Waals surface area contributed by atoms with Crippen LogP contribution in [0.3, 0.4) is 0 Å². The number of aromatic nitrogens is 1. The first-order valence-corrected chi connectivity index (χ1v) is 11.1. The minimum atomic E-state index is -1.39. The fourth-order valence-electron chi connectivity index (χ4n) is 5.07. The summed E-state index contributed by atoms with van der Waals surface area (Å²) in [6.45, 7) is 1.82. The molecular formula is C25H25F2N3O2. The Hall–Kier alpha value is -3.22. The van der Waals surface area contributed by atoms with Crippen molar-refractivity contribution in [1.82, 2.24) is 9.88 Å². The number of benzene rings is 2. The number of carbonyl (C=O) groups excluding carboxylic acids is 2. The van der Waals surface area contributed by atoms with Crippen LogP contribution < -0.4 is 10.2 Å². The summed E-state index contributed by atoms with van der Waals surface area (Å²) >= 11 is 0. The number of halogens is 2. The zero-order valence-electron chi connectivity index (χ0n) is 17.9. The molecule has 2 aromatic carbocycles. The zero-order chi connectivity index (χ0) is 22.5. The molecule has 1 fully saturated rings. The lowest BCUT2D eigenvalue weighted by atomic mass is 9.91.